The lowest BCUT2D eigenvalue weighted by Crippen LogP contribution is -2.36. The fraction of sp³-hybridized carbons (Fsp3) is 0.500. The molecule has 1 aliphatic rings. The topological polar surface area (TPSA) is 89.4 Å². The van der Waals surface area contributed by atoms with E-state index in [0.717, 1.165) is 25.7 Å². The Labute approximate surface area is 151 Å². The molecule has 0 spiro atoms. The number of aromatic nitrogens is 5. The Balaban J connectivity index is 1.70. The van der Waals surface area contributed by atoms with Gasteiger partial charge in [0.2, 0.25) is 5.89 Å². The van der Waals surface area contributed by atoms with E-state index in [9.17, 15) is 4.79 Å². The fourth-order valence-corrected chi connectivity index (χ4v) is 3.38. The molecule has 0 unspecified atom stereocenters. The zero-order chi connectivity index (χ0) is 18.1. The van der Waals surface area contributed by atoms with Crippen LogP contribution in [0.2, 0.25) is 0 Å². The lowest BCUT2D eigenvalue weighted by atomic mass is 10.1. The van der Waals surface area contributed by atoms with Crippen LogP contribution in [0.5, 0.6) is 0 Å². The van der Waals surface area contributed by atoms with Crippen molar-refractivity contribution in [3.05, 3.63) is 42.2 Å². The number of rotatable bonds is 3. The Hall–Kier alpha value is -2.77. The first-order chi connectivity index (χ1) is 12.6. The molecule has 3 aromatic heterocycles. The Bertz CT molecular complexity index is 915. The Morgan fingerprint density at radius 1 is 1.19 bits per heavy atom. The largest absolute Gasteiger partial charge is 0.339 e. The van der Waals surface area contributed by atoms with Gasteiger partial charge in [0.15, 0.2) is 17.2 Å². The molecule has 1 fully saturated rings. The summed E-state index contributed by atoms with van der Waals surface area (Å²) in [5.74, 6) is 1.21. The average molecular weight is 354 g/mol. The first kappa shape index (κ1) is 16.7. The average Bonchev–Trinajstić information content (AvgIpc) is 3.25. The number of hydrogen-bond acceptors (Lipinski definition) is 6. The molecule has 3 aromatic rings. The summed E-state index contributed by atoms with van der Waals surface area (Å²) in [6.07, 6.45) is 10.8. The van der Waals surface area contributed by atoms with Crippen LogP contribution < -0.4 is 0 Å². The van der Waals surface area contributed by atoms with Gasteiger partial charge in [-0.2, -0.15) is 4.98 Å². The van der Waals surface area contributed by atoms with Crippen molar-refractivity contribution >= 4 is 11.6 Å². The van der Waals surface area contributed by atoms with Crippen LogP contribution in [0.3, 0.4) is 0 Å². The van der Waals surface area contributed by atoms with Crippen molar-refractivity contribution in [3.8, 4) is 0 Å². The van der Waals surface area contributed by atoms with Crippen LogP contribution in [-0.2, 0) is 0 Å². The lowest BCUT2D eigenvalue weighted by molar-refractivity contribution is 0.0666. The predicted molar refractivity (Wildman–Crippen MR) is 93.6 cm³/mol. The normalized spacial score (nSPS) is 18.4. The van der Waals surface area contributed by atoms with E-state index in [4.69, 9.17) is 4.52 Å². The summed E-state index contributed by atoms with van der Waals surface area (Å²) < 4.78 is 7.18. The second-order valence-corrected chi connectivity index (χ2v) is 6.94. The molecular formula is C18H22N6O2. The van der Waals surface area contributed by atoms with E-state index in [0.29, 0.717) is 29.6 Å². The molecule has 0 bridgehead atoms. The molecule has 1 aliphatic heterocycles. The van der Waals surface area contributed by atoms with Gasteiger partial charge in [-0.25, -0.2) is 9.97 Å². The zero-order valence-corrected chi connectivity index (χ0v) is 15.0. The monoisotopic (exact) mass is 354 g/mol. The van der Waals surface area contributed by atoms with Gasteiger partial charge < -0.3 is 13.8 Å². The van der Waals surface area contributed by atoms with Crippen molar-refractivity contribution < 1.29 is 9.32 Å². The molecule has 8 nitrogen and oxygen atoms in total. The Morgan fingerprint density at radius 3 is 2.77 bits per heavy atom. The maximum Gasteiger partial charge on any atom is 0.276 e. The molecule has 1 saturated heterocycles. The number of amides is 1. The molecule has 8 heteroatoms. The van der Waals surface area contributed by atoms with Crippen LogP contribution in [0, 0.1) is 0 Å². The third kappa shape index (κ3) is 2.95. The van der Waals surface area contributed by atoms with Gasteiger partial charge in [-0.1, -0.05) is 31.8 Å². The molecule has 0 aliphatic carbocycles. The molecule has 0 N–H and O–H groups in total. The molecule has 4 rings (SSSR count). The van der Waals surface area contributed by atoms with Gasteiger partial charge in [0, 0.05) is 37.3 Å². The van der Waals surface area contributed by atoms with Crippen LogP contribution in [0.1, 0.15) is 73.7 Å². The van der Waals surface area contributed by atoms with E-state index in [1.165, 1.54) is 0 Å². The van der Waals surface area contributed by atoms with Crippen molar-refractivity contribution in [1.82, 2.24) is 29.4 Å². The van der Waals surface area contributed by atoms with E-state index in [-0.39, 0.29) is 17.9 Å². The van der Waals surface area contributed by atoms with Crippen molar-refractivity contribution in [1.29, 1.82) is 0 Å². The van der Waals surface area contributed by atoms with Crippen molar-refractivity contribution in [2.24, 2.45) is 0 Å². The van der Waals surface area contributed by atoms with Crippen LogP contribution in [-0.4, -0.2) is 41.9 Å². The number of likely N-dealkylation sites (tertiary alicyclic amines) is 1. The predicted octanol–water partition coefficient (Wildman–Crippen LogP) is 2.99. The number of nitrogens with zero attached hydrogens (tertiary/aromatic N) is 6. The summed E-state index contributed by atoms with van der Waals surface area (Å²) in [5.41, 5.74) is 0.924. The Morgan fingerprint density at radius 2 is 2.00 bits per heavy atom. The van der Waals surface area contributed by atoms with Crippen LogP contribution in [0.25, 0.3) is 5.65 Å². The van der Waals surface area contributed by atoms with Gasteiger partial charge in [0.25, 0.3) is 5.91 Å². The van der Waals surface area contributed by atoms with Crippen molar-refractivity contribution in [2.75, 3.05) is 6.54 Å². The molecule has 0 aromatic carbocycles. The van der Waals surface area contributed by atoms with Crippen LogP contribution in [0.4, 0.5) is 0 Å². The summed E-state index contributed by atoms with van der Waals surface area (Å²) in [5, 5.41) is 4.16. The highest BCUT2D eigenvalue weighted by molar-refractivity contribution is 5.98. The first-order valence-electron chi connectivity index (χ1n) is 9.07. The molecule has 1 amide bonds. The number of carbonyl (C=O) groups excluding carboxylic acids is 1. The second kappa shape index (κ2) is 6.86. The van der Waals surface area contributed by atoms with Gasteiger partial charge in [-0.15, -0.1) is 0 Å². The number of fused-ring (bicyclic) bond motifs is 1. The van der Waals surface area contributed by atoms with Crippen LogP contribution >= 0.6 is 0 Å². The van der Waals surface area contributed by atoms with E-state index >= 15 is 0 Å². The molecule has 136 valence electrons. The Kier molecular flexibility index (Phi) is 4.40. The van der Waals surface area contributed by atoms with Gasteiger partial charge in [0.05, 0.1) is 6.04 Å². The smallest absolute Gasteiger partial charge is 0.276 e. The minimum absolute atomic E-state index is 0.135. The van der Waals surface area contributed by atoms with Crippen LogP contribution in [0.15, 0.2) is 29.3 Å². The third-order valence-corrected chi connectivity index (χ3v) is 4.78. The maximum atomic E-state index is 13.3. The van der Waals surface area contributed by atoms with Gasteiger partial charge >= 0.3 is 0 Å². The molecular weight excluding hydrogens is 332 g/mol. The SMILES string of the molecule is CC(C)c1nc([C@H]2CCCCCN2C(=O)c2nccn3ccnc23)no1. The number of carbonyl (C=O) groups is 1. The minimum atomic E-state index is -0.196. The van der Waals surface area contributed by atoms with E-state index in [1.54, 1.807) is 23.0 Å². The maximum absolute atomic E-state index is 13.3. The highest BCUT2D eigenvalue weighted by Crippen LogP contribution is 2.30. The van der Waals surface area contributed by atoms with E-state index < -0.39 is 0 Å². The highest BCUT2D eigenvalue weighted by Gasteiger charge is 2.33. The molecule has 0 radical (unpaired) electrons. The first-order valence-corrected chi connectivity index (χ1v) is 9.07. The van der Waals surface area contributed by atoms with E-state index in [2.05, 4.69) is 20.1 Å². The quantitative estimate of drug-likeness (QED) is 0.718. The summed E-state index contributed by atoms with van der Waals surface area (Å²) >= 11 is 0. The molecule has 1 atom stereocenters. The standard InChI is InChI=1S/C18H22N6O2/c1-12(2)17-21-15(22-26-17)13-6-4-3-5-9-24(13)18(25)14-16-20-8-11-23(16)10-7-19-14/h7-8,10-13H,3-6,9H2,1-2H3/t13-/m1/s1. The van der Waals surface area contributed by atoms with Crippen molar-refractivity contribution in [2.45, 2.75) is 51.5 Å². The summed E-state index contributed by atoms with van der Waals surface area (Å²) in [4.78, 5) is 28.3. The van der Waals surface area contributed by atoms with Gasteiger partial charge in [-0.3, -0.25) is 4.79 Å². The molecule has 26 heavy (non-hydrogen) atoms. The minimum Gasteiger partial charge on any atom is -0.339 e. The summed E-state index contributed by atoms with van der Waals surface area (Å²) in [7, 11) is 0. The molecule has 0 saturated carbocycles. The third-order valence-electron chi connectivity index (χ3n) is 4.78. The van der Waals surface area contributed by atoms with Gasteiger partial charge in [-0.05, 0) is 12.8 Å². The number of imidazole rings is 1. The zero-order valence-electron chi connectivity index (χ0n) is 15.0. The highest BCUT2D eigenvalue weighted by atomic mass is 16.5. The van der Waals surface area contributed by atoms with E-state index in [1.807, 2.05) is 24.9 Å². The number of hydrogen-bond donors (Lipinski definition) is 0. The molecule has 4 heterocycles. The fourth-order valence-electron chi connectivity index (χ4n) is 3.38. The van der Waals surface area contributed by atoms with Crippen molar-refractivity contribution in [3.63, 3.8) is 0 Å². The van der Waals surface area contributed by atoms with Gasteiger partial charge in [0.1, 0.15) is 0 Å². The summed E-state index contributed by atoms with van der Waals surface area (Å²) in [6.45, 7) is 4.67. The lowest BCUT2D eigenvalue weighted by Gasteiger charge is -2.27. The summed E-state index contributed by atoms with van der Waals surface area (Å²) in [6, 6.07) is -0.196. The second-order valence-electron chi connectivity index (χ2n) is 6.94.